The van der Waals surface area contributed by atoms with Crippen LogP contribution in [0.25, 0.3) is 0 Å². The molecule has 6 heteroatoms. The van der Waals surface area contributed by atoms with E-state index in [0.29, 0.717) is 12.8 Å². The number of esters is 1. The van der Waals surface area contributed by atoms with Gasteiger partial charge in [0.2, 0.25) is 5.91 Å². The Bertz CT molecular complexity index is 984. The highest BCUT2D eigenvalue weighted by Crippen LogP contribution is 2.16. The van der Waals surface area contributed by atoms with Crippen molar-refractivity contribution in [1.29, 1.82) is 0 Å². The molecule has 0 radical (unpaired) electrons. The second-order valence-corrected chi connectivity index (χ2v) is 15.7. The molecule has 1 amide bonds. The molecule has 1 unspecified atom stereocenters. The van der Waals surface area contributed by atoms with Crippen molar-refractivity contribution in [3.63, 3.8) is 0 Å². The second-order valence-electron chi connectivity index (χ2n) is 15.7. The summed E-state index contributed by atoms with van der Waals surface area (Å²) in [6.07, 6.45) is 56.9. The molecule has 0 aliphatic heterocycles. The Morgan fingerprint density at radius 3 is 1.38 bits per heavy atom. The lowest BCUT2D eigenvalue weighted by atomic mass is 10.0. The molecule has 0 heterocycles. The van der Waals surface area contributed by atoms with E-state index in [-0.39, 0.29) is 24.5 Å². The smallest absolute Gasteiger partial charge is 0.322 e. The number of amides is 1. The molecule has 0 aliphatic carbocycles. The van der Waals surface area contributed by atoms with Crippen molar-refractivity contribution in [2.45, 2.75) is 238 Å². The number of carbonyl (C=O) groups is 3. The maximum Gasteiger partial charge on any atom is 0.322 e. The van der Waals surface area contributed by atoms with E-state index >= 15 is 0 Å². The predicted molar refractivity (Wildman–Crippen MR) is 235 cm³/mol. The maximum atomic E-state index is 12.7. The van der Waals surface area contributed by atoms with E-state index in [0.717, 1.165) is 77.0 Å². The van der Waals surface area contributed by atoms with E-state index < -0.39 is 5.97 Å². The van der Waals surface area contributed by atoms with Gasteiger partial charge in [-0.3, -0.25) is 14.4 Å². The maximum absolute atomic E-state index is 12.7. The zero-order valence-corrected chi connectivity index (χ0v) is 36.0. The first-order valence-electron chi connectivity index (χ1n) is 23.3. The van der Waals surface area contributed by atoms with Crippen LogP contribution in [-0.4, -0.2) is 35.6 Å². The lowest BCUT2D eigenvalue weighted by molar-refractivity contribution is -0.147. The first kappa shape index (κ1) is 52.4. The van der Waals surface area contributed by atoms with Gasteiger partial charge in [-0.1, -0.05) is 185 Å². The molecule has 0 aromatic heterocycles. The highest BCUT2D eigenvalue weighted by Gasteiger charge is 2.12. The first-order valence-corrected chi connectivity index (χ1v) is 23.3. The molecule has 0 bridgehead atoms. The van der Waals surface area contributed by atoms with Gasteiger partial charge in [0.05, 0.1) is 0 Å². The molecule has 0 rings (SSSR count). The number of carbonyl (C=O) groups excluding carboxylic acids is 2. The number of unbranched alkanes of at least 4 members (excludes halogenated alkanes) is 25. The number of nitrogens with one attached hydrogen (secondary N) is 1. The molecule has 6 nitrogen and oxygen atoms in total. The Labute approximate surface area is 339 Å². The van der Waals surface area contributed by atoms with Crippen LogP contribution in [0.5, 0.6) is 0 Å². The predicted octanol–water partition coefficient (Wildman–Crippen LogP) is 14.6. The van der Waals surface area contributed by atoms with E-state index in [1.165, 1.54) is 128 Å². The summed E-state index contributed by atoms with van der Waals surface area (Å²) in [5.74, 6) is -1.27. The Morgan fingerprint density at radius 1 is 0.491 bits per heavy atom. The zero-order valence-electron chi connectivity index (χ0n) is 36.0. The van der Waals surface area contributed by atoms with Gasteiger partial charge in [-0.05, 0) is 83.1 Å². The van der Waals surface area contributed by atoms with Crippen molar-refractivity contribution < 1.29 is 24.2 Å². The van der Waals surface area contributed by atoms with Gasteiger partial charge in [-0.2, -0.15) is 0 Å². The van der Waals surface area contributed by atoms with E-state index in [2.05, 4.69) is 67.8 Å². The number of hydrogen-bond donors (Lipinski definition) is 2. The van der Waals surface area contributed by atoms with Crippen LogP contribution in [0.2, 0.25) is 0 Å². The average Bonchev–Trinajstić information content (AvgIpc) is 3.17. The summed E-state index contributed by atoms with van der Waals surface area (Å²) >= 11 is 0. The Kier molecular flexibility index (Phi) is 42.0. The highest BCUT2D eigenvalue weighted by molar-refractivity contribution is 5.80. The van der Waals surface area contributed by atoms with Crippen LogP contribution in [0, 0.1) is 0 Å². The minimum Gasteiger partial charge on any atom is -0.480 e. The Morgan fingerprint density at radius 2 is 0.891 bits per heavy atom. The van der Waals surface area contributed by atoms with Crippen LogP contribution in [0.15, 0.2) is 48.6 Å². The van der Waals surface area contributed by atoms with Gasteiger partial charge in [0.25, 0.3) is 0 Å². The summed E-state index contributed by atoms with van der Waals surface area (Å²) in [6, 6.07) is 0. The van der Waals surface area contributed by atoms with Crippen LogP contribution in [0.3, 0.4) is 0 Å². The molecule has 0 spiro atoms. The molecule has 55 heavy (non-hydrogen) atoms. The van der Waals surface area contributed by atoms with E-state index in [9.17, 15) is 14.4 Å². The number of ether oxygens (including phenoxy) is 1. The van der Waals surface area contributed by atoms with Crippen molar-refractivity contribution in [3.05, 3.63) is 48.6 Å². The fourth-order valence-electron chi connectivity index (χ4n) is 6.73. The van der Waals surface area contributed by atoms with Gasteiger partial charge < -0.3 is 15.2 Å². The number of rotatable bonds is 42. The summed E-state index contributed by atoms with van der Waals surface area (Å²) in [4.78, 5) is 35.0. The van der Waals surface area contributed by atoms with Crippen molar-refractivity contribution in [2.24, 2.45) is 0 Å². The molecule has 0 fully saturated rings. The van der Waals surface area contributed by atoms with Crippen LogP contribution in [0.1, 0.15) is 232 Å². The third kappa shape index (κ3) is 44.0. The van der Waals surface area contributed by atoms with Crippen molar-refractivity contribution in [3.8, 4) is 0 Å². The molecule has 2 N–H and O–H groups in total. The number of allylic oxidation sites excluding steroid dienone is 7. The first-order chi connectivity index (χ1) is 27.0. The van der Waals surface area contributed by atoms with Crippen LogP contribution in [0.4, 0.5) is 0 Å². The third-order valence-corrected chi connectivity index (χ3v) is 10.2. The van der Waals surface area contributed by atoms with Crippen LogP contribution < -0.4 is 5.32 Å². The van der Waals surface area contributed by atoms with Gasteiger partial charge in [0, 0.05) is 12.8 Å². The van der Waals surface area contributed by atoms with Gasteiger partial charge in [-0.25, -0.2) is 0 Å². The summed E-state index contributed by atoms with van der Waals surface area (Å²) in [7, 11) is 0. The van der Waals surface area contributed by atoms with Gasteiger partial charge in [-0.15, -0.1) is 0 Å². The molecule has 1 atom stereocenters. The summed E-state index contributed by atoms with van der Waals surface area (Å²) in [5.41, 5.74) is 0. The topological polar surface area (TPSA) is 92.7 Å². The molecule has 0 saturated carbocycles. The average molecular weight is 770 g/mol. The fourth-order valence-corrected chi connectivity index (χ4v) is 6.73. The second kappa shape index (κ2) is 44.1. The molecule has 0 aliphatic rings. The monoisotopic (exact) mass is 770 g/mol. The van der Waals surface area contributed by atoms with Crippen molar-refractivity contribution in [2.75, 3.05) is 6.54 Å². The molecule has 0 aromatic carbocycles. The number of hydrogen-bond acceptors (Lipinski definition) is 4. The van der Waals surface area contributed by atoms with Gasteiger partial charge >= 0.3 is 11.9 Å². The quantitative estimate of drug-likeness (QED) is 0.0366. The van der Waals surface area contributed by atoms with E-state index in [1.807, 2.05) is 0 Å². The van der Waals surface area contributed by atoms with Crippen LogP contribution >= 0.6 is 0 Å². The van der Waals surface area contributed by atoms with E-state index in [4.69, 9.17) is 9.84 Å². The molecule has 0 aromatic rings. The van der Waals surface area contributed by atoms with Crippen molar-refractivity contribution in [1.82, 2.24) is 5.32 Å². The third-order valence-electron chi connectivity index (χ3n) is 10.2. The Balaban J connectivity index is 4.06. The standard InChI is InChI=1S/C49H87NO5/c1-3-5-7-9-11-13-14-15-16-17-18-19-20-21-22-23-24-25-26-28-30-36-40-44-49(54)55-46(41-37-33-29-27-12-10-8-6-4-2)42-38-34-31-32-35-39-43-47(51)50-45-48(52)53/h14-15,17-18,20-21,37,41,46H,3-13,16,19,22-36,38-40,42-45H2,1-2H3,(H,50,51)(H,52,53)/b15-14-,18-17-,21-20-,41-37-. The summed E-state index contributed by atoms with van der Waals surface area (Å²) in [6.45, 7) is 4.21. The SMILES string of the molecule is CCCCCCC/C=C\C/C=C\C/C=C\CCCCCCCCCCC(=O)OC(/C=C\CCCCCCCCC)CCCCCCCCC(=O)NCC(=O)O. The van der Waals surface area contributed by atoms with Crippen LogP contribution in [-0.2, 0) is 19.1 Å². The molecular weight excluding hydrogens is 683 g/mol. The molecule has 318 valence electrons. The number of carboxylic acids is 1. The molecular formula is C49H87NO5. The number of carboxylic acid groups (broad SMARTS) is 1. The molecule has 0 saturated heterocycles. The minimum absolute atomic E-state index is 0.0596. The fraction of sp³-hybridized carbons (Fsp3) is 0.776. The van der Waals surface area contributed by atoms with Crippen molar-refractivity contribution >= 4 is 17.8 Å². The van der Waals surface area contributed by atoms with Gasteiger partial charge in [0.15, 0.2) is 0 Å². The summed E-state index contributed by atoms with van der Waals surface area (Å²) < 4.78 is 5.96. The van der Waals surface area contributed by atoms with E-state index in [1.54, 1.807) is 0 Å². The summed E-state index contributed by atoms with van der Waals surface area (Å²) in [5, 5.41) is 11.1. The number of aliphatic carboxylic acids is 1. The zero-order chi connectivity index (χ0) is 40.1. The highest BCUT2D eigenvalue weighted by atomic mass is 16.5. The van der Waals surface area contributed by atoms with Gasteiger partial charge in [0.1, 0.15) is 12.6 Å². The largest absolute Gasteiger partial charge is 0.480 e. The normalized spacial score (nSPS) is 12.5. The lowest BCUT2D eigenvalue weighted by Gasteiger charge is -2.15. The lowest BCUT2D eigenvalue weighted by Crippen LogP contribution is -2.28. The Hall–Kier alpha value is -2.63. The minimum atomic E-state index is -1.02.